The average molecular weight is 308 g/mol. The van der Waals surface area contributed by atoms with Gasteiger partial charge in [-0.3, -0.25) is 4.79 Å². The molecular weight excluding hydrogens is 284 g/mol. The molecule has 1 saturated carbocycles. The van der Waals surface area contributed by atoms with Crippen LogP contribution >= 0.6 is 0 Å². The van der Waals surface area contributed by atoms with Crippen molar-refractivity contribution in [2.75, 3.05) is 32.2 Å². The van der Waals surface area contributed by atoms with Gasteiger partial charge in [0, 0.05) is 19.8 Å². The van der Waals surface area contributed by atoms with Crippen LogP contribution in [0.4, 0.5) is 5.69 Å². The van der Waals surface area contributed by atoms with Crippen LogP contribution in [0.15, 0.2) is 18.3 Å². The van der Waals surface area contributed by atoms with Crippen LogP contribution in [0.3, 0.4) is 0 Å². The second kappa shape index (κ2) is 7.56. The molecule has 6 heteroatoms. The summed E-state index contributed by atoms with van der Waals surface area (Å²) in [5, 5.41) is 2.88. The summed E-state index contributed by atoms with van der Waals surface area (Å²) < 4.78 is 16.0. The van der Waals surface area contributed by atoms with Crippen molar-refractivity contribution >= 4 is 11.6 Å². The number of hydrogen-bond acceptors (Lipinski definition) is 5. The smallest absolute Gasteiger partial charge is 0.256 e. The molecule has 122 valence electrons. The molecule has 1 N–H and O–H groups in total. The fourth-order valence-electron chi connectivity index (χ4n) is 2.33. The van der Waals surface area contributed by atoms with Gasteiger partial charge in [-0.05, 0) is 38.7 Å². The second-order valence-electron chi connectivity index (χ2n) is 5.49. The highest BCUT2D eigenvalue weighted by Gasteiger charge is 2.48. The van der Waals surface area contributed by atoms with Gasteiger partial charge in [0.25, 0.3) is 5.91 Å². The molecule has 0 spiro atoms. The number of aromatic nitrogens is 1. The summed E-state index contributed by atoms with van der Waals surface area (Å²) >= 11 is 0. The molecule has 0 saturated heterocycles. The van der Waals surface area contributed by atoms with Crippen LogP contribution in [0.5, 0.6) is 5.88 Å². The minimum absolute atomic E-state index is 0.119. The molecule has 6 nitrogen and oxygen atoms in total. The first-order valence-corrected chi connectivity index (χ1v) is 7.63. The first-order valence-electron chi connectivity index (χ1n) is 7.63. The summed E-state index contributed by atoms with van der Waals surface area (Å²) in [6.45, 7) is 5.24. The Bertz CT molecular complexity index is 487. The highest BCUT2D eigenvalue weighted by Crippen LogP contribution is 2.42. The Morgan fingerprint density at radius 3 is 2.73 bits per heavy atom. The number of amides is 1. The van der Waals surface area contributed by atoms with Crippen LogP contribution in [0.1, 0.15) is 26.7 Å². The molecule has 0 aliphatic heterocycles. The van der Waals surface area contributed by atoms with Gasteiger partial charge in [0.2, 0.25) is 5.88 Å². The van der Waals surface area contributed by atoms with Crippen LogP contribution in [-0.2, 0) is 14.3 Å². The molecule has 22 heavy (non-hydrogen) atoms. The van der Waals surface area contributed by atoms with Gasteiger partial charge < -0.3 is 19.5 Å². The van der Waals surface area contributed by atoms with E-state index in [1.807, 2.05) is 13.8 Å². The molecule has 2 rings (SSSR count). The number of anilines is 1. The number of rotatable bonds is 9. The molecule has 1 aliphatic rings. The number of pyridine rings is 1. The van der Waals surface area contributed by atoms with E-state index in [0.717, 1.165) is 12.8 Å². The van der Waals surface area contributed by atoms with Gasteiger partial charge in [-0.1, -0.05) is 0 Å². The zero-order valence-corrected chi connectivity index (χ0v) is 13.4. The number of carbonyl (C=O) groups is 1. The predicted octanol–water partition coefficient (Wildman–Crippen LogP) is 2.25. The third-order valence-corrected chi connectivity index (χ3v) is 3.78. The Kier molecular flexibility index (Phi) is 5.74. The molecule has 1 atom stereocenters. The van der Waals surface area contributed by atoms with E-state index in [1.165, 1.54) is 0 Å². The lowest BCUT2D eigenvalue weighted by Crippen LogP contribution is -2.44. The Balaban J connectivity index is 1.93. The van der Waals surface area contributed by atoms with Crippen molar-refractivity contribution in [2.24, 2.45) is 5.92 Å². The summed E-state index contributed by atoms with van der Waals surface area (Å²) in [5.41, 5.74) is -0.127. The summed E-state index contributed by atoms with van der Waals surface area (Å²) in [7, 11) is 1.62. The van der Waals surface area contributed by atoms with Crippen molar-refractivity contribution in [1.29, 1.82) is 0 Å². The van der Waals surface area contributed by atoms with Gasteiger partial charge in [-0.25, -0.2) is 4.98 Å². The summed E-state index contributed by atoms with van der Waals surface area (Å²) in [6, 6.07) is 3.49. The number of hydrogen-bond donors (Lipinski definition) is 1. The van der Waals surface area contributed by atoms with E-state index in [1.54, 1.807) is 25.4 Å². The lowest BCUT2D eigenvalue weighted by atomic mass is 9.99. The Morgan fingerprint density at radius 2 is 2.18 bits per heavy atom. The Morgan fingerprint density at radius 1 is 1.41 bits per heavy atom. The standard InChI is InChI=1S/C16H24N2O4/c1-4-22-16(2,12-5-6-12)15(19)18-13-7-8-14(17-11-13)21-10-9-20-3/h7-8,11-12H,4-6,9-10H2,1-3H3,(H,18,19). The van der Waals surface area contributed by atoms with Crippen LogP contribution < -0.4 is 10.1 Å². The predicted molar refractivity (Wildman–Crippen MR) is 83.0 cm³/mol. The zero-order chi connectivity index (χ0) is 16.0. The summed E-state index contributed by atoms with van der Waals surface area (Å²) in [5.74, 6) is 0.688. The molecular formula is C16H24N2O4. The highest BCUT2D eigenvalue weighted by atomic mass is 16.5. The van der Waals surface area contributed by atoms with Crippen molar-refractivity contribution in [2.45, 2.75) is 32.3 Å². The number of ether oxygens (including phenoxy) is 3. The normalized spacial score (nSPS) is 16.9. The van der Waals surface area contributed by atoms with Crippen molar-refractivity contribution < 1.29 is 19.0 Å². The molecule has 0 bridgehead atoms. The van der Waals surface area contributed by atoms with Gasteiger partial charge in [-0.2, -0.15) is 0 Å². The van der Waals surface area contributed by atoms with E-state index >= 15 is 0 Å². The van der Waals surface area contributed by atoms with Crippen LogP contribution in [0, 0.1) is 5.92 Å². The lowest BCUT2D eigenvalue weighted by molar-refractivity contribution is -0.141. The molecule has 0 aromatic carbocycles. The first-order chi connectivity index (χ1) is 10.6. The maximum absolute atomic E-state index is 12.5. The quantitative estimate of drug-likeness (QED) is 0.709. The zero-order valence-electron chi connectivity index (χ0n) is 13.4. The third-order valence-electron chi connectivity index (χ3n) is 3.78. The van der Waals surface area contributed by atoms with Crippen molar-refractivity contribution in [3.8, 4) is 5.88 Å². The second-order valence-corrected chi connectivity index (χ2v) is 5.49. The molecule has 1 amide bonds. The fraction of sp³-hybridized carbons (Fsp3) is 0.625. The molecule has 1 aromatic heterocycles. The third kappa shape index (κ3) is 4.18. The molecule has 1 fully saturated rings. The summed E-state index contributed by atoms with van der Waals surface area (Å²) in [6.07, 6.45) is 3.65. The highest BCUT2D eigenvalue weighted by molar-refractivity contribution is 5.97. The van der Waals surface area contributed by atoms with Gasteiger partial charge in [0.15, 0.2) is 0 Å². The van der Waals surface area contributed by atoms with Crippen LogP contribution in [0.25, 0.3) is 0 Å². The van der Waals surface area contributed by atoms with Crippen LogP contribution in [-0.4, -0.2) is 43.4 Å². The maximum Gasteiger partial charge on any atom is 0.256 e. The van der Waals surface area contributed by atoms with Gasteiger partial charge in [-0.15, -0.1) is 0 Å². The van der Waals surface area contributed by atoms with Gasteiger partial charge >= 0.3 is 0 Å². The number of methoxy groups -OCH3 is 1. The molecule has 1 heterocycles. The Hall–Kier alpha value is -1.66. The largest absolute Gasteiger partial charge is 0.475 e. The van der Waals surface area contributed by atoms with Gasteiger partial charge in [0.1, 0.15) is 12.2 Å². The number of nitrogens with zero attached hydrogens (tertiary/aromatic N) is 1. The first kappa shape index (κ1) is 16.7. The van der Waals surface area contributed by atoms with E-state index < -0.39 is 5.60 Å². The minimum atomic E-state index is -0.762. The SMILES string of the molecule is CCOC(C)(C(=O)Nc1ccc(OCCOC)nc1)C1CC1. The molecule has 0 radical (unpaired) electrons. The van der Waals surface area contributed by atoms with E-state index in [9.17, 15) is 4.79 Å². The van der Waals surface area contributed by atoms with E-state index in [-0.39, 0.29) is 5.91 Å². The van der Waals surface area contributed by atoms with E-state index in [0.29, 0.717) is 37.3 Å². The fourth-order valence-corrected chi connectivity index (χ4v) is 2.33. The maximum atomic E-state index is 12.5. The average Bonchev–Trinajstić information content (AvgIpc) is 3.34. The number of nitrogens with one attached hydrogen (secondary N) is 1. The molecule has 1 aliphatic carbocycles. The van der Waals surface area contributed by atoms with Crippen molar-refractivity contribution in [1.82, 2.24) is 4.98 Å². The minimum Gasteiger partial charge on any atom is -0.475 e. The number of carbonyl (C=O) groups excluding carboxylic acids is 1. The monoisotopic (exact) mass is 308 g/mol. The van der Waals surface area contributed by atoms with Crippen LogP contribution in [0.2, 0.25) is 0 Å². The van der Waals surface area contributed by atoms with E-state index in [4.69, 9.17) is 14.2 Å². The van der Waals surface area contributed by atoms with Crippen molar-refractivity contribution in [3.05, 3.63) is 18.3 Å². The topological polar surface area (TPSA) is 69.7 Å². The summed E-state index contributed by atoms with van der Waals surface area (Å²) in [4.78, 5) is 16.6. The Labute approximate surface area is 131 Å². The van der Waals surface area contributed by atoms with Gasteiger partial charge in [0.05, 0.1) is 18.5 Å². The molecule has 1 unspecified atom stereocenters. The van der Waals surface area contributed by atoms with Crippen molar-refractivity contribution in [3.63, 3.8) is 0 Å². The molecule has 1 aromatic rings. The lowest BCUT2D eigenvalue weighted by Gasteiger charge is -2.28. The van der Waals surface area contributed by atoms with E-state index in [2.05, 4.69) is 10.3 Å².